The molecule has 0 aliphatic rings. The van der Waals surface area contributed by atoms with Crippen LogP contribution in [0.15, 0.2) is 0 Å². The van der Waals surface area contributed by atoms with E-state index in [4.69, 9.17) is 0 Å². The SMILES string of the molecule is C.CC(C)CCCCCCCCCC(C)C. The van der Waals surface area contributed by atoms with Gasteiger partial charge in [-0.05, 0) is 11.8 Å². The number of hydrogen-bond acceptors (Lipinski definition) is 0. The van der Waals surface area contributed by atoms with Gasteiger partial charge in [-0.15, -0.1) is 0 Å². The third-order valence-corrected chi connectivity index (χ3v) is 3.06. The van der Waals surface area contributed by atoms with Crippen LogP contribution >= 0.6 is 0 Å². The fraction of sp³-hybridized carbons (Fsp3) is 1.00. The quantitative estimate of drug-likeness (QED) is 0.377. The van der Waals surface area contributed by atoms with Gasteiger partial charge in [0.05, 0.1) is 0 Å². The molecule has 0 saturated heterocycles. The van der Waals surface area contributed by atoms with Crippen molar-refractivity contribution in [3.05, 3.63) is 0 Å². The second-order valence-electron chi connectivity index (χ2n) is 5.84. The molecule has 0 amide bonds. The van der Waals surface area contributed by atoms with Crippen molar-refractivity contribution in [2.75, 3.05) is 0 Å². The summed E-state index contributed by atoms with van der Waals surface area (Å²) in [6.07, 6.45) is 13.1. The van der Waals surface area contributed by atoms with Crippen LogP contribution in [0.1, 0.15) is 92.9 Å². The van der Waals surface area contributed by atoms with Gasteiger partial charge in [-0.2, -0.15) is 0 Å². The van der Waals surface area contributed by atoms with Gasteiger partial charge in [0.2, 0.25) is 0 Å². The van der Waals surface area contributed by atoms with Gasteiger partial charge in [0, 0.05) is 0 Å². The summed E-state index contributed by atoms with van der Waals surface area (Å²) in [5.41, 5.74) is 0. The normalized spacial score (nSPS) is 10.9. The van der Waals surface area contributed by atoms with Crippen LogP contribution in [0.5, 0.6) is 0 Å². The Hall–Kier alpha value is 0. The first-order chi connectivity index (χ1) is 7.13. The third kappa shape index (κ3) is 16.4. The number of unbranched alkanes of at least 4 members (excludes halogenated alkanes) is 6. The van der Waals surface area contributed by atoms with Gasteiger partial charge in [-0.3, -0.25) is 0 Å². The Kier molecular flexibility index (Phi) is 15.0. The van der Waals surface area contributed by atoms with Crippen LogP contribution in [0, 0.1) is 11.8 Å². The highest BCUT2D eigenvalue weighted by Crippen LogP contribution is 2.13. The van der Waals surface area contributed by atoms with E-state index in [9.17, 15) is 0 Å². The van der Waals surface area contributed by atoms with Gasteiger partial charge in [0.25, 0.3) is 0 Å². The molecule has 0 fully saturated rings. The monoisotopic (exact) mass is 228 g/mol. The maximum atomic E-state index is 2.33. The molecule has 0 aromatic carbocycles. The molecule has 0 aliphatic heterocycles. The van der Waals surface area contributed by atoms with Crippen molar-refractivity contribution in [1.29, 1.82) is 0 Å². The second-order valence-corrected chi connectivity index (χ2v) is 5.84. The second kappa shape index (κ2) is 13.1. The first-order valence-corrected chi connectivity index (χ1v) is 7.13. The summed E-state index contributed by atoms with van der Waals surface area (Å²) in [4.78, 5) is 0. The lowest BCUT2D eigenvalue weighted by Gasteiger charge is -2.05. The molecule has 0 radical (unpaired) electrons. The molecule has 0 N–H and O–H groups in total. The van der Waals surface area contributed by atoms with Gasteiger partial charge < -0.3 is 0 Å². The molecule has 0 rings (SSSR count). The molecule has 0 spiro atoms. The van der Waals surface area contributed by atoms with E-state index >= 15 is 0 Å². The average molecular weight is 228 g/mol. The Labute approximate surface area is 105 Å². The molecule has 0 atom stereocenters. The van der Waals surface area contributed by atoms with Gasteiger partial charge in [0.1, 0.15) is 0 Å². The molecule has 0 bridgehead atoms. The summed E-state index contributed by atoms with van der Waals surface area (Å²) in [6.45, 7) is 9.30. The van der Waals surface area contributed by atoms with E-state index in [1.807, 2.05) is 0 Å². The Morgan fingerprint density at radius 3 is 1.00 bits per heavy atom. The van der Waals surface area contributed by atoms with Crippen LogP contribution in [-0.4, -0.2) is 0 Å². The van der Waals surface area contributed by atoms with Gasteiger partial charge in [-0.1, -0.05) is 92.9 Å². The maximum absolute atomic E-state index is 2.33. The minimum atomic E-state index is 0. The summed E-state index contributed by atoms with van der Waals surface area (Å²) in [5, 5.41) is 0. The highest BCUT2D eigenvalue weighted by Gasteiger charge is 1.96. The van der Waals surface area contributed by atoms with E-state index in [1.165, 1.54) is 57.8 Å². The van der Waals surface area contributed by atoms with Gasteiger partial charge in [0.15, 0.2) is 0 Å². The lowest BCUT2D eigenvalue weighted by molar-refractivity contribution is 0.491. The smallest absolute Gasteiger partial charge is 0.0471 e. The standard InChI is InChI=1S/C15H32.CH4/c1-14(2)12-10-8-6-5-7-9-11-13-15(3)4;/h14-15H,5-13H2,1-4H3;1H4. The van der Waals surface area contributed by atoms with Crippen molar-refractivity contribution in [3.8, 4) is 0 Å². The number of rotatable bonds is 10. The molecule has 0 heterocycles. The fourth-order valence-electron chi connectivity index (χ4n) is 1.99. The first kappa shape index (κ1) is 18.4. The zero-order valence-corrected chi connectivity index (χ0v) is 11.5. The highest BCUT2D eigenvalue weighted by atomic mass is 14.0. The molecule has 0 saturated carbocycles. The van der Waals surface area contributed by atoms with Gasteiger partial charge >= 0.3 is 0 Å². The Bertz CT molecular complexity index is 99.2. The maximum Gasteiger partial charge on any atom is -0.0471 e. The zero-order chi connectivity index (χ0) is 11.5. The van der Waals surface area contributed by atoms with E-state index < -0.39 is 0 Å². The molecule has 0 aromatic rings. The summed E-state index contributed by atoms with van der Waals surface area (Å²) in [7, 11) is 0. The lowest BCUT2D eigenvalue weighted by atomic mass is 10.0. The fourth-order valence-corrected chi connectivity index (χ4v) is 1.99. The summed E-state index contributed by atoms with van der Waals surface area (Å²) in [6, 6.07) is 0. The molecular weight excluding hydrogens is 192 g/mol. The molecule has 0 nitrogen and oxygen atoms in total. The van der Waals surface area contributed by atoms with Gasteiger partial charge in [-0.25, -0.2) is 0 Å². The van der Waals surface area contributed by atoms with Crippen molar-refractivity contribution >= 4 is 0 Å². The van der Waals surface area contributed by atoms with E-state index in [0.29, 0.717) is 0 Å². The van der Waals surface area contributed by atoms with Crippen molar-refractivity contribution in [2.45, 2.75) is 92.9 Å². The van der Waals surface area contributed by atoms with Crippen molar-refractivity contribution in [3.63, 3.8) is 0 Å². The minimum Gasteiger partial charge on any atom is -0.0776 e. The van der Waals surface area contributed by atoms with Crippen LogP contribution < -0.4 is 0 Å². The molecule has 100 valence electrons. The highest BCUT2D eigenvalue weighted by molar-refractivity contribution is 4.50. The predicted molar refractivity (Wildman–Crippen MR) is 78.0 cm³/mol. The molecule has 0 aliphatic carbocycles. The van der Waals surface area contributed by atoms with Crippen LogP contribution in [-0.2, 0) is 0 Å². The average Bonchev–Trinajstić information content (AvgIpc) is 2.14. The van der Waals surface area contributed by atoms with E-state index in [2.05, 4.69) is 27.7 Å². The first-order valence-electron chi connectivity index (χ1n) is 7.13. The van der Waals surface area contributed by atoms with E-state index in [-0.39, 0.29) is 7.43 Å². The topological polar surface area (TPSA) is 0 Å². The van der Waals surface area contributed by atoms with Crippen LogP contribution in [0.2, 0.25) is 0 Å². The summed E-state index contributed by atoms with van der Waals surface area (Å²) >= 11 is 0. The van der Waals surface area contributed by atoms with E-state index in [1.54, 1.807) is 0 Å². The molecule has 16 heavy (non-hydrogen) atoms. The van der Waals surface area contributed by atoms with Crippen LogP contribution in [0.3, 0.4) is 0 Å². The predicted octanol–water partition coefficient (Wildman–Crippen LogP) is 6.45. The lowest BCUT2D eigenvalue weighted by Crippen LogP contribution is -1.88. The molecule has 0 unspecified atom stereocenters. The largest absolute Gasteiger partial charge is 0.0776 e. The van der Waals surface area contributed by atoms with Crippen molar-refractivity contribution in [1.82, 2.24) is 0 Å². The Morgan fingerprint density at radius 1 is 0.500 bits per heavy atom. The summed E-state index contributed by atoms with van der Waals surface area (Å²) in [5.74, 6) is 1.80. The zero-order valence-electron chi connectivity index (χ0n) is 11.5. The molecule has 0 heteroatoms. The Balaban J connectivity index is 0. The van der Waals surface area contributed by atoms with Crippen LogP contribution in [0.25, 0.3) is 0 Å². The van der Waals surface area contributed by atoms with E-state index in [0.717, 1.165) is 11.8 Å². The molecular formula is C16H36. The number of hydrogen-bond donors (Lipinski definition) is 0. The third-order valence-electron chi connectivity index (χ3n) is 3.06. The van der Waals surface area contributed by atoms with Crippen molar-refractivity contribution < 1.29 is 0 Å². The molecule has 0 aromatic heterocycles. The van der Waals surface area contributed by atoms with Crippen molar-refractivity contribution in [2.24, 2.45) is 11.8 Å². The van der Waals surface area contributed by atoms with Crippen LogP contribution in [0.4, 0.5) is 0 Å². The minimum absolute atomic E-state index is 0. The Morgan fingerprint density at radius 2 is 0.750 bits per heavy atom. The summed E-state index contributed by atoms with van der Waals surface area (Å²) < 4.78 is 0.